The van der Waals surface area contributed by atoms with Gasteiger partial charge in [0.25, 0.3) is 0 Å². The highest BCUT2D eigenvalue weighted by molar-refractivity contribution is 7.91. The van der Waals surface area contributed by atoms with Crippen molar-refractivity contribution in [3.63, 3.8) is 0 Å². The number of benzene rings is 1. The fraction of sp³-hybridized carbons (Fsp3) is 0.231. The van der Waals surface area contributed by atoms with Gasteiger partial charge >= 0.3 is 0 Å². The van der Waals surface area contributed by atoms with E-state index in [2.05, 4.69) is 0 Å². The van der Waals surface area contributed by atoms with E-state index < -0.39 is 9.84 Å². The predicted molar refractivity (Wildman–Crippen MR) is 68.3 cm³/mol. The van der Waals surface area contributed by atoms with Crippen molar-refractivity contribution in [2.45, 2.75) is 11.4 Å². The number of hydrogen-bond acceptors (Lipinski definition) is 4. The maximum atomic E-state index is 12.0. The Morgan fingerprint density at radius 2 is 2.00 bits per heavy atom. The monoisotopic (exact) mass is 263 g/mol. The Bertz CT molecular complexity index is 647. The van der Waals surface area contributed by atoms with Gasteiger partial charge in [0.15, 0.2) is 9.84 Å². The molecule has 0 amide bonds. The molecule has 0 bridgehead atoms. The van der Waals surface area contributed by atoms with Crippen molar-refractivity contribution in [1.82, 2.24) is 0 Å². The van der Waals surface area contributed by atoms with Crippen molar-refractivity contribution in [3.8, 4) is 0 Å². The third-order valence-electron chi connectivity index (χ3n) is 3.10. The van der Waals surface area contributed by atoms with E-state index in [0.29, 0.717) is 18.0 Å². The minimum Gasteiger partial charge on any atom is -0.467 e. The Kier molecular flexibility index (Phi) is 2.63. The van der Waals surface area contributed by atoms with E-state index in [0.717, 1.165) is 11.4 Å². The number of fused-ring (bicyclic) bond motifs is 1. The third kappa shape index (κ3) is 1.90. The molecule has 1 aliphatic heterocycles. The molecule has 0 saturated heterocycles. The quantitative estimate of drug-likeness (QED) is 0.832. The van der Waals surface area contributed by atoms with Gasteiger partial charge in [0, 0.05) is 6.54 Å². The molecule has 0 atom stereocenters. The Morgan fingerprint density at radius 3 is 2.78 bits per heavy atom. The number of hydrogen-bond donors (Lipinski definition) is 0. The summed E-state index contributed by atoms with van der Waals surface area (Å²) < 4.78 is 29.3. The van der Waals surface area contributed by atoms with Gasteiger partial charge in [-0.2, -0.15) is 0 Å². The van der Waals surface area contributed by atoms with Crippen LogP contribution < -0.4 is 4.90 Å². The minimum atomic E-state index is -3.13. The van der Waals surface area contributed by atoms with E-state index in [9.17, 15) is 8.42 Å². The molecule has 1 aliphatic rings. The maximum Gasteiger partial charge on any atom is 0.182 e. The second kappa shape index (κ2) is 4.17. The number of furan rings is 1. The van der Waals surface area contributed by atoms with Crippen LogP contribution in [0.5, 0.6) is 0 Å². The van der Waals surface area contributed by atoms with Gasteiger partial charge in [-0.1, -0.05) is 12.1 Å². The summed E-state index contributed by atoms with van der Waals surface area (Å²) in [6.45, 7) is 1.10. The Morgan fingerprint density at radius 1 is 1.17 bits per heavy atom. The van der Waals surface area contributed by atoms with Crippen LogP contribution in [-0.2, 0) is 16.4 Å². The lowest BCUT2D eigenvalue weighted by molar-refractivity contribution is 0.501. The van der Waals surface area contributed by atoms with Crippen molar-refractivity contribution in [2.24, 2.45) is 0 Å². The first-order valence-electron chi connectivity index (χ1n) is 5.76. The van der Waals surface area contributed by atoms with Crippen LogP contribution in [-0.4, -0.2) is 20.7 Å². The Balaban J connectivity index is 2.00. The number of rotatable bonds is 2. The zero-order chi connectivity index (χ0) is 12.6. The van der Waals surface area contributed by atoms with Crippen LogP contribution in [0.3, 0.4) is 0 Å². The Hall–Kier alpha value is -1.75. The van der Waals surface area contributed by atoms with Crippen molar-refractivity contribution in [2.75, 3.05) is 17.2 Å². The molecule has 1 aromatic carbocycles. The summed E-state index contributed by atoms with van der Waals surface area (Å²) >= 11 is 0. The molecule has 0 N–H and O–H groups in total. The van der Waals surface area contributed by atoms with Gasteiger partial charge in [-0.3, -0.25) is 0 Å². The number of anilines is 1. The van der Waals surface area contributed by atoms with Crippen molar-refractivity contribution in [3.05, 3.63) is 48.4 Å². The molecular weight excluding hydrogens is 250 g/mol. The number of para-hydroxylation sites is 1. The van der Waals surface area contributed by atoms with Gasteiger partial charge in [0.1, 0.15) is 5.76 Å². The van der Waals surface area contributed by atoms with Gasteiger partial charge in [0.2, 0.25) is 0 Å². The van der Waals surface area contributed by atoms with E-state index in [1.165, 1.54) is 0 Å². The highest BCUT2D eigenvalue weighted by Gasteiger charge is 2.28. The molecular formula is C13H13NO3S. The van der Waals surface area contributed by atoms with Crippen LogP contribution in [0.15, 0.2) is 52.0 Å². The predicted octanol–water partition coefficient (Wildman–Crippen LogP) is 2.07. The molecule has 5 heteroatoms. The summed E-state index contributed by atoms with van der Waals surface area (Å²) in [5.41, 5.74) is 0.764. The first-order chi connectivity index (χ1) is 8.67. The second-order valence-electron chi connectivity index (χ2n) is 4.29. The molecule has 0 aliphatic carbocycles. The van der Waals surface area contributed by atoms with Crippen molar-refractivity contribution < 1.29 is 12.8 Å². The molecule has 3 rings (SSSR count). The van der Waals surface area contributed by atoms with Crippen molar-refractivity contribution >= 4 is 15.5 Å². The first kappa shape index (κ1) is 11.3. The standard InChI is InChI=1S/C13H13NO3S/c15-18(16)9-7-14(10-11-4-3-8-17-11)12-5-1-2-6-13(12)18/h1-6,8H,7,9-10H2. The molecule has 0 spiro atoms. The van der Waals surface area contributed by atoms with Crippen LogP contribution >= 0.6 is 0 Å². The van der Waals surface area contributed by atoms with E-state index in [-0.39, 0.29) is 5.75 Å². The molecule has 1 aromatic heterocycles. The maximum absolute atomic E-state index is 12.0. The van der Waals surface area contributed by atoms with Crippen LogP contribution in [0.4, 0.5) is 5.69 Å². The van der Waals surface area contributed by atoms with Gasteiger partial charge in [0.05, 0.1) is 29.1 Å². The average Bonchev–Trinajstić information content (AvgIpc) is 2.86. The summed E-state index contributed by atoms with van der Waals surface area (Å²) in [5, 5.41) is 0. The molecule has 18 heavy (non-hydrogen) atoms. The van der Waals surface area contributed by atoms with E-state index >= 15 is 0 Å². The molecule has 2 aromatic rings. The van der Waals surface area contributed by atoms with Crippen LogP contribution in [0.2, 0.25) is 0 Å². The fourth-order valence-corrected chi connectivity index (χ4v) is 3.68. The minimum absolute atomic E-state index is 0.157. The van der Waals surface area contributed by atoms with Gasteiger partial charge in [-0.15, -0.1) is 0 Å². The highest BCUT2D eigenvalue weighted by Crippen LogP contribution is 2.31. The smallest absolute Gasteiger partial charge is 0.182 e. The number of nitrogens with zero attached hydrogens (tertiary/aromatic N) is 1. The molecule has 4 nitrogen and oxygen atoms in total. The molecule has 94 valence electrons. The summed E-state index contributed by atoms with van der Waals surface area (Å²) in [5.74, 6) is 0.995. The van der Waals surface area contributed by atoms with Crippen LogP contribution in [0, 0.1) is 0 Å². The largest absolute Gasteiger partial charge is 0.467 e. The Labute approximate surface area is 106 Å². The third-order valence-corrected chi connectivity index (χ3v) is 4.83. The molecule has 0 saturated carbocycles. The van der Waals surface area contributed by atoms with E-state index in [1.807, 2.05) is 29.2 Å². The zero-order valence-electron chi connectivity index (χ0n) is 9.74. The summed E-state index contributed by atoms with van der Waals surface area (Å²) in [6, 6.07) is 10.9. The lowest BCUT2D eigenvalue weighted by atomic mass is 10.2. The van der Waals surface area contributed by atoms with Gasteiger partial charge in [-0.25, -0.2) is 8.42 Å². The molecule has 2 heterocycles. The van der Waals surface area contributed by atoms with E-state index in [1.54, 1.807) is 18.4 Å². The topological polar surface area (TPSA) is 50.5 Å². The SMILES string of the molecule is O=S1(=O)CCN(Cc2ccco2)c2ccccc21. The average molecular weight is 263 g/mol. The van der Waals surface area contributed by atoms with E-state index in [4.69, 9.17) is 4.42 Å². The second-order valence-corrected chi connectivity index (χ2v) is 6.37. The first-order valence-corrected chi connectivity index (χ1v) is 7.41. The normalized spacial score (nSPS) is 17.4. The molecule has 0 radical (unpaired) electrons. The van der Waals surface area contributed by atoms with Crippen molar-refractivity contribution in [1.29, 1.82) is 0 Å². The molecule has 0 unspecified atom stereocenters. The zero-order valence-corrected chi connectivity index (χ0v) is 10.6. The fourth-order valence-electron chi connectivity index (χ4n) is 2.20. The van der Waals surface area contributed by atoms with Crippen LogP contribution in [0.1, 0.15) is 5.76 Å². The van der Waals surface area contributed by atoms with Gasteiger partial charge < -0.3 is 9.32 Å². The lowest BCUT2D eigenvalue weighted by Crippen LogP contribution is -2.34. The highest BCUT2D eigenvalue weighted by atomic mass is 32.2. The summed E-state index contributed by atoms with van der Waals surface area (Å²) in [6.07, 6.45) is 1.63. The number of sulfone groups is 1. The summed E-state index contributed by atoms with van der Waals surface area (Å²) in [4.78, 5) is 2.46. The summed E-state index contributed by atoms with van der Waals surface area (Å²) in [7, 11) is -3.13. The van der Waals surface area contributed by atoms with Crippen LogP contribution in [0.25, 0.3) is 0 Å². The molecule has 0 fully saturated rings. The lowest BCUT2D eigenvalue weighted by Gasteiger charge is -2.30. The van der Waals surface area contributed by atoms with Gasteiger partial charge in [-0.05, 0) is 24.3 Å².